The minimum absolute atomic E-state index is 0.204. The zero-order valence-electron chi connectivity index (χ0n) is 16.2. The maximum Gasteiger partial charge on any atom is 0.198 e. The van der Waals surface area contributed by atoms with Crippen molar-refractivity contribution in [1.29, 1.82) is 0 Å². The molecule has 1 aliphatic carbocycles. The van der Waals surface area contributed by atoms with E-state index in [4.69, 9.17) is 16.0 Å². The van der Waals surface area contributed by atoms with Crippen LogP contribution in [0.15, 0.2) is 53.1 Å². The Morgan fingerprint density at radius 2 is 1.83 bits per heavy atom. The first-order valence-electron chi connectivity index (χ1n) is 10.2. The van der Waals surface area contributed by atoms with Crippen molar-refractivity contribution in [2.45, 2.75) is 44.4 Å². The van der Waals surface area contributed by atoms with Crippen molar-refractivity contribution in [3.8, 4) is 0 Å². The fourth-order valence-corrected chi connectivity index (χ4v) is 4.90. The second-order valence-corrected chi connectivity index (χ2v) is 8.56. The highest BCUT2D eigenvalue weighted by Gasteiger charge is 2.30. The number of fused-ring (bicyclic) bond motifs is 2. The molecule has 0 spiro atoms. The van der Waals surface area contributed by atoms with E-state index in [1.807, 2.05) is 24.4 Å². The van der Waals surface area contributed by atoms with Gasteiger partial charge in [0, 0.05) is 28.6 Å². The van der Waals surface area contributed by atoms with Crippen LogP contribution in [0.3, 0.4) is 0 Å². The predicted molar refractivity (Wildman–Crippen MR) is 114 cm³/mol. The molecule has 1 unspecified atom stereocenters. The molecule has 3 nitrogen and oxygen atoms in total. The number of hydrogen-bond donors (Lipinski definition) is 0. The van der Waals surface area contributed by atoms with Gasteiger partial charge in [0.25, 0.3) is 0 Å². The van der Waals surface area contributed by atoms with Gasteiger partial charge in [-0.2, -0.15) is 0 Å². The summed E-state index contributed by atoms with van der Waals surface area (Å²) in [6, 6.07) is 12.5. The number of halogens is 2. The van der Waals surface area contributed by atoms with Gasteiger partial charge in [-0.15, -0.1) is 0 Å². The SMILES string of the molecule is CC(c1nc2ccc(Cl)cc2o1)[C@H]1CC[C@H](c2ccnc3ccc(F)cc32)CC1. The Balaban J connectivity index is 1.34. The van der Waals surface area contributed by atoms with Gasteiger partial charge in [0.2, 0.25) is 0 Å². The molecule has 5 heteroatoms. The second kappa shape index (κ2) is 7.42. The lowest BCUT2D eigenvalue weighted by Gasteiger charge is -2.31. The Kier molecular flexibility index (Phi) is 4.75. The van der Waals surface area contributed by atoms with E-state index in [1.54, 1.807) is 12.1 Å². The van der Waals surface area contributed by atoms with Crippen molar-refractivity contribution < 1.29 is 8.81 Å². The number of nitrogens with zero attached hydrogens (tertiary/aromatic N) is 2. The average Bonchev–Trinajstić information content (AvgIpc) is 3.16. The van der Waals surface area contributed by atoms with Crippen LogP contribution in [0.1, 0.15) is 55.9 Å². The Morgan fingerprint density at radius 3 is 2.66 bits per heavy atom. The predicted octanol–water partition coefficient (Wildman–Crippen LogP) is 7.25. The third-order valence-corrected chi connectivity index (χ3v) is 6.65. The zero-order chi connectivity index (χ0) is 20.0. The summed E-state index contributed by atoms with van der Waals surface area (Å²) < 4.78 is 19.8. The number of aromatic nitrogens is 2. The monoisotopic (exact) mass is 408 g/mol. The van der Waals surface area contributed by atoms with E-state index in [9.17, 15) is 4.39 Å². The quantitative estimate of drug-likeness (QED) is 0.358. The standard InChI is InChI=1S/C24H22ClFN2O/c1-14(24-28-22-8-6-17(25)12-23(22)29-24)15-2-4-16(5-3-15)19-10-11-27-21-9-7-18(26)13-20(19)21/h6-16H,2-5H2,1H3/t14?,15-,16-. The van der Waals surface area contributed by atoms with Crippen molar-refractivity contribution in [2.75, 3.05) is 0 Å². The van der Waals surface area contributed by atoms with Crippen LogP contribution in [0.4, 0.5) is 4.39 Å². The van der Waals surface area contributed by atoms with Gasteiger partial charge in [-0.25, -0.2) is 9.37 Å². The molecule has 148 valence electrons. The second-order valence-electron chi connectivity index (χ2n) is 8.13. The molecule has 2 aromatic carbocycles. The molecule has 0 bridgehead atoms. The van der Waals surface area contributed by atoms with Gasteiger partial charge in [-0.05, 0) is 79.5 Å². The number of oxazole rings is 1. The molecule has 0 N–H and O–H groups in total. The average molecular weight is 409 g/mol. The summed E-state index contributed by atoms with van der Waals surface area (Å²) in [7, 11) is 0. The lowest BCUT2D eigenvalue weighted by atomic mass is 9.74. The van der Waals surface area contributed by atoms with Crippen LogP contribution in [0, 0.1) is 11.7 Å². The van der Waals surface area contributed by atoms with Gasteiger partial charge in [-0.3, -0.25) is 4.98 Å². The molecule has 5 rings (SSSR count). The fourth-order valence-electron chi connectivity index (χ4n) is 4.74. The van der Waals surface area contributed by atoms with E-state index >= 15 is 0 Å². The van der Waals surface area contributed by atoms with Crippen LogP contribution in [-0.4, -0.2) is 9.97 Å². The van der Waals surface area contributed by atoms with Crippen LogP contribution in [0.25, 0.3) is 22.0 Å². The summed E-state index contributed by atoms with van der Waals surface area (Å²) in [5.41, 5.74) is 3.69. The molecule has 2 aromatic heterocycles. The minimum atomic E-state index is -0.204. The third kappa shape index (κ3) is 3.51. The molecule has 2 heterocycles. The van der Waals surface area contributed by atoms with Crippen molar-refractivity contribution in [1.82, 2.24) is 9.97 Å². The summed E-state index contributed by atoms with van der Waals surface area (Å²) in [6.45, 7) is 2.20. The third-order valence-electron chi connectivity index (χ3n) is 6.41. The van der Waals surface area contributed by atoms with Crippen LogP contribution >= 0.6 is 11.6 Å². The van der Waals surface area contributed by atoms with E-state index in [0.29, 0.717) is 16.9 Å². The van der Waals surface area contributed by atoms with Crippen molar-refractivity contribution in [2.24, 2.45) is 5.92 Å². The normalized spacial score (nSPS) is 20.9. The Hall–Kier alpha value is -2.46. The van der Waals surface area contributed by atoms with Crippen molar-refractivity contribution in [3.63, 3.8) is 0 Å². The molecule has 1 atom stereocenters. The molecular formula is C24H22ClFN2O. The molecule has 0 radical (unpaired) electrons. The van der Waals surface area contributed by atoms with Gasteiger partial charge in [0.1, 0.15) is 11.3 Å². The maximum absolute atomic E-state index is 13.8. The Morgan fingerprint density at radius 1 is 1.03 bits per heavy atom. The zero-order valence-corrected chi connectivity index (χ0v) is 17.0. The molecule has 29 heavy (non-hydrogen) atoms. The minimum Gasteiger partial charge on any atom is -0.440 e. The number of rotatable bonds is 3. The van der Waals surface area contributed by atoms with Gasteiger partial charge >= 0.3 is 0 Å². The summed E-state index contributed by atoms with van der Waals surface area (Å²) in [6.07, 6.45) is 6.20. The van der Waals surface area contributed by atoms with Crippen LogP contribution < -0.4 is 0 Å². The summed E-state index contributed by atoms with van der Waals surface area (Å²) in [5.74, 6) is 1.81. The Labute approximate surface area is 173 Å². The summed E-state index contributed by atoms with van der Waals surface area (Å²) in [4.78, 5) is 9.07. The molecule has 1 fully saturated rings. The van der Waals surface area contributed by atoms with E-state index in [0.717, 1.165) is 53.6 Å². The topological polar surface area (TPSA) is 38.9 Å². The molecule has 4 aromatic rings. The number of pyridine rings is 1. The van der Waals surface area contributed by atoms with Gasteiger partial charge < -0.3 is 4.42 Å². The summed E-state index contributed by atoms with van der Waals surface area (Å²) in [5, 5.41) is 1.61. The Bertz CT molecular complexity index is 1180. The van der Waals surface area contributed by atoms with Crippen molar-refractivity contribution >= 4 is 33.6 Å². The first-order valence-corrected chi connectivity index (χ1v) is 10.6. The van der Waals surface area contributed by atoms with E-state index in [1.165, 1.54) is 11.6 Å². The van der Waals surface area contributed by atoms with Crippen molar-refractivity contribution in [3.05, 3.63) is 71.0 Å². The number of benzene rings is 2. The first-order chi connectivity index (χ1) is 14.1. The molecule has 1 aliphatic rings. The molecule has 0 saturated heterocycles. The van der Waals surface area contributed by atoms with Gasteiger partial charge in [-0.1, -0.05) is 18.5 Å². The maximum atomic E-state index is 13.8. The van der Waals surface area contributed by atoms with Crippen LogP contribution in [0.5, 0.6) is 0 Å². The van der Waals surface area contributed by atoms with E-state index < -0.39 is 0 Å². The van der Waals surface area contributed by atoms with E-state index in [2.05, 4.69) is 23.0 Å². The fraction of sp³-hybridized carbons (Fsp3) is 0.333. The molecule has 0 aliphatic heterocycles. The van der Waals surface area contributed by atoms with Crippen LogP contribution in [-0.2, 0) is 0 Å². The molecular weight excluding hydrogens is 387 g/mol. The lowest BCUT2D eigenvalue weighted by Crippen LogP contribution is -2.18. The number of hydrogen-bond acceptors (Lipinski definition) is 3. The largest absolute Gasteiger partial charge is 0.440 e. The first kappa shape index (κ1) is 18.6. The highest BCUT2D eigenvalue weighted by Crippen LogP contribution is 2.43. The smallest absolute Gasteiger partial charge is 0.198 e. The molecule has 0 amide bonds. The van der Waals surface area contributed by atoms with Crippen LogP contribution in [0.2, 0.25) is 5.02 Å². The van der Waals surface area contributed by atoms with E-state index in [-0.39, 0.29) is 11.7 Å². The highest BCUT2D eigenvalue weighted by molar-refractivity contribution is 6.31. The molecule has 1 saturated carbocycles. The van der Waals surface area contributed by atoms with Gasteiger partial charge in [0.05, 0.1) is 5.52 Å². The lowest BCUT2D eigenvalue weighted by molar-refractivity contribution is 0.268. The summed E-state index contributed by atoms with van der Waals surface area (Å²) >= 11 is 6.07. The van der Waals surface area contributed by atoms with Gasteiger partial charge in [0.15, 0.2) is 11.5 Å². The highest BCUT2D eigenvalue weighted by atomic mass is 35.5.